The molecule has 0 bridgehead atoms. The highest BCUT2D eigenvalue weighted by Gasteiger charge is 2.10. The van der Waals surface area contributed by atoms with E-state index in [1.807, 2.05) is 23.6 Å². The molecule has 80 valence electrons. The van der Waals surface area contributed by atoms with Crippen molar-refractivity contribution in [3.8, 4) is 0 Å². The van der Waals surface area contributed by atoms with Crippen LogP contribution in [-0.2, 0) is 18.0 Å². The van der Waals surface area contributed by atoms with Gasteiger partial charge in [0, 0.05) is 17.6 Å². The summed E-state index contributed by atoms with van der Waals surface area (Å²) in [4.78, 5) is 4.60. The van der Waals surface area contributed by atoms with E-state index in [2.05, 4.69) is 4.84 Å². The molecule has 15 heavy (non-hydrogen) atoms. The molecule has 1 aromatic heterocycles. The molecule has 0 saturated heterocycles. The van der Waals surface area contributed by atoms with E-state index >= 15 is 0 Å². The molecule has 0 radical (unpaired) electrons. The number of hydrogen-bond acceptors (Lipinski definition) is 2. The largest absolute Gasteiger partial charge is 0.340 e. The summed E-state index contributed by atoms with van der Waals surface area (Å²) in [5.74, 6) is 4.83. The SMILES string of the molecule is CCn1c(CON)cc2cccc(F)c21. The Labute approximate surface area is 87.2 Å². The summed E-state index contributed by atoms with van der Waals surface area (Å²) in [5.41, 5.74) is 1.51. The maximum Gasteiger partial charge on any atom is 0.147 e. The average Bonchev–Trinajstić information content (AvgIpc) is 2.57. The number of para-hydroxylation sites is 1. The van der Waals surface area contributed by atoms with Crippen molar-refractivity contribution in [3.05, 3.63) is 35.8 Å². The predicted octanol–water partition coefficient (Wildman–Crippen LogP) is 2.19. The summed E-state index contributed by atoms with van der Waals surface area (Å²) in [7, 11) is 0. The van der Waals surface area contributed by atoms with Crippen LogP contribution in [0.2, 0.25) is 0 Å². The first-order chi connectivity index (χ1) is 7.27. The van der Waals surface area contributed by atoms with Gasteiger partial charge in [0.05, 0.1) is 5.52 Å². The van der Waals surface area contributed by atoms with Gasteiger partial charge in [0.15, 0.2) is 0 Å². The maximum atomic E-state index is 13.6. The Morgan fingerprint density at radius 1 is 1.47 bits per heavy atom. The van der Waals surface area contributed by atoms with E-state index in [9.17, 15) is 4.39 Å². The Balaban J connectivity index is 2.68. The zero-order valence-electron chi connectivity index (χ0n) is 8.53. The molecule has 0 spiro atoms. The monoisotopic (exact) mass is 208 g/mol. The molecule has 0 aliphatic rings. The van der Waals surface area contributed by atoms with E-state index in [1.165, 1.54) is 6.07 Å². The van der Waals surface area contributed by atoms with Crippen LogP contribution in [0.3, 0.4) is 0 Å². The van der Waals surface area contributed by atoms with Crippen LogP contribution in [0.15, 0.2) is 24.3 Å². The van der Waals surface area contributed by atoms with Crippen molar-refractivity contribution in [3.63, 3.8) is 0 Å². The molecular weight excluding hydrogens is 195 g/mol. The zero-order valence-corrected chi connectivity index (χ0v) is 8.53. The summed E-state index contributed by atoms with van der Waals surface area (Å²) in [6, 6.07) is 6.94. The molecule has 0 aliphatic heterocycles. The van der Waals surface area contributed by atoms with E-state index < -0.39 is 0 Å². The highest BCUT2D eigenvalue weighted by Crippen LogP contribution is 2.22. The Kier molecular flexibility index (Phi) is 2.70. The quantitative estimate of drug-likeness (QED) is 0.785. The van der Waals surface area contributed by atoms with Crippen molar-refractivity contribution in [2.45, 2.75) is 20.1 Å². The van der Waals surface area contributed by atoms with Crippen molar-refractivity contribution >= 4 is 10.9 Å². The third-order valence-corrected chi connectivity index (χ3v) is 2.50. The van der Waals surface area contributed by atoms with Gasteiger partial charge < -0.3 is 4.57 Å². The highest BCUT2D eigenvalue weighted by molar-refractivity contribution is 5.81. The van der Waals surface area contributed by atoms with Gasteiger partial charge in [-0.15, -0.1) is 0 Å². The lowest BCUT2D eigenvalue weighted by Crippen LogP contribution is -2.06. The second-order valence-corrected chi connectivity index (χ2v) is 3.37. The van der Waals surface area contributed by atoms with Crippen LogP contribution in [0.25, 0.3) is 10.9 Å². The predicted molar refractivity (Wildman–Crippen MR) is 56.5 cm³/mol. The van der Waals surface area contributed by atoms with E-state index in [0.717, 1.165) is 11.1 Å². The number of rotatable bonds is 3. The number of benzene rings is 1. The summed E-state index contributed by atoms with van der Waals surface area (Å²) >= 11 is 0. The number of hydrogen-bond donors (Lipinski definition) is 1. The molecule has 3 nitrogen and oxygen atoms in total. The molecule has 0 aliphatic carbocycles. The van der Waals surface area contributed by atoms with Crippen molar-refractivity contribution < 1.29 is 9.23 Å². The van der Waals surface area contributed by atoms with E-state index in [-0.39, 0.29) is 5.82 Å². The first-order valence-electron chi connectivity index (χ1n) is 4.86. The van der Waals surface area contributed by atoms with Crippen molar-refractivity contribution in [2.75, 3.05) is 0 Å². The van der Waals surface area contributed by atoms with Crippen LogP contribution in [0.1, 0.15) is 12.6 Å². The molecule has 4 heteroatoms. The van der Waals surface area contributed by atoms with Crippen LogP contribution in [0, 0.1) is 5.82 Å². The molecule has 0 unspecified atom stereocenters. The second-order valence-electron chi connectivity index (χ2n) is 3.37. The van der Waals surface area contributed by atoms with Crippen LogP contribution >= 0.6 is 0 Å². The second kappa shape index (κ2) is 4.00. The molecule has 0 saturated carbocycles. The van der Waals surface area contributed by atoms with Gasteiger partial charge >= 0.3 is 0 Å². The molecular formula is C11H13FN2O. The fourth-order valence-electron chi connectivity index (χ4n) is 1.90. The van der Waals surface area contributed by atoms with Gasteiger partial charge in [0.1, 0.15) is 12.4 Å². The van der Waals surface area contributed by atoms with Crippen LogP contribution in [0.5, 0.6) is 0 Å². The normalized spacial score (nSPS) is 11.1. The molecule has 1 aromatic carbocycles. The fourth-order valence-corrected chi connectivity index (χ4v) is 1.90. The van der Waals surface area contributed by atoms with Crippen LogP contribution in [0.4, 0.5) is 4.39 Å². The molecule has 2 rings (SSSR count). The molecule has 2 aromatic rings. The van der Waals surface area contributed by atoms with Gasteiger partial charge in [0.2, 0.25) is 0 Å². The minimum atomic E-state index is -0.211. The van der Waals surface area contributed by atoms with Gasteiger partial charge in [-0.1, -0.05) is 12.1 Å². The highest BCUT2D eigenvalue weighted by atomic mass is 19.1. The lowest BCUT2D eigenvalue weighted by Gasteiger charge is -2.06. The minimum Gasteiger partial charge on any atom is -0.340 e. The topological polar surface area (TPSA) is 40.2 Å². The van der Waals surface area contributed by atoms with E-state index in [1.54, 1.807) is 6.07 Å². The third-order valence-electron chi connectivity index (χ3n) is 2.50. The van der Waals surface area contributed by atoms with Crippen molar-refractivity contribution in [1.82, 2.24) is 4.57 Å². The van der Waals surface area contributed by atoms with Gasteiger partial charge in [-0.2, -0.15) is 0 Å². The maximum absolute atomic E-state index is 13.6. The molecule has 2 N–H and O–H groups in total. The Morgan fingerprint density at radius 2 is 2.27 bits per heavy atom. The number of halogens is 1. The number of nitrogens with two attached hydrogens (primary N) is 1. The summed E-state index contributed by atoms with van der Waals surface area (Å²) < 4.78 is 15.5. The van der Waals surface area contributed by atoms with E-state index in [4.69, 9.17) is 5.90 Å². The van der Waals surface area contributed by atoms with Crippen molar-refractivity contribution in [2.24, 2.45) is 5.90 Å². The van der Waals surface area contributed by atoms with Crippen LogP contribution in [-0.4, -0.2) is 4.57 Å². The van der Waals surface area contributed by atoms with Crippen LogP contribution < -0.4 is 5.90 Å². The average molecular weight is 208 g/mol. The Bertz CT molecular complexity index is 479. The van der Waals surface area contributed by atoms with Gasteiger partial charge in [-0.25, -0.2) is 10.3 Å². The third kappa shape index (κ3) is 1.62. The summed E-state index contributed by atoms with van der Waals surface area (Å²) in [5, 5.41) is 0.879. The molecule has 0 fully saturated rings. The smallest absolute Gasteiger partial charge is 0.147 e. The number of fused-ring (bicyclic) bond motifs is 1. The van der Waals surface area contributed by atoms with Gasteiger partial charge in [0.25, 0.3) is 0 Å². The van der Waals surface area contributed by atoms with Gasteiger partial charge in [-0.3, -0.25) is 4.84 Å². The Morgan fingerprint density at radius 3 is 2.93 bits per heavy atom. The first-order valence-corrected chi connectivity index (χ1v) is 4.86. The lowest BCUT2D eigenvalue weighted by atomic mass is 10.2. The fraction of sp³-hybridized carbons (Fsp3) is 0.273. The zero-order chi connectivity index (χ0) is 10.8. The lowest BCUT2D eigenvalue weighted by molar-refractivity contribution is 0.119. The Hall–Kier alpha value is -1.39. The molecule has 0 atom stereocenters. The number of nitrogens with zero attached hydrogens (tertiary/aromatic N) is 1. The summed E-state index contributed by atoms with van der Waals surface area (Å²) in [6.45, 7) is 2.96. The number of aromatic nitrogens is 1. The summed E-state index contributed by atoms with van der Waals surface area (Å²) in [6.07, 6.45) is 0. The first kappa shape index (κ1) is 10.1. The van der Waals surface area contributed by atoms with Crippen molar-refractivity contribution in [1.29, 1.82) is 0 Å². The molecule has 0 amide bonds. The molecule has 1 heterocycles. The standard InChI is InChI=1S/C11H13FN2O/c1-2-14-9(7-15-13)6-8-4-3-5-10(12)11(8)14/h3-6H,2,7,13H2,1H3. The number of aryl methyl sites for hydroxylation is 1. The van der Waals surface area contributed by atoms with Gasteiger partial charge in [-0.05, 0) is 19.1 Å². The minimum absolute atomic E-state index is 0.211. The van der Waals surface area contributed by atoms with E-state index in [0.29, 0.717) is 18.7 Å².